The van der Waals surface area contributed by atoms with E-state index in [0.29, 0.717) is 12.6 Å². The molecule has 2 rings (SSSR count). The van der Waals surface area contributed by atoms with Gasteiger partial charge in [0.15, 0.2) is 0 Å². The monoisotopic (exact) mass is 292 g/mol. The van der Waals surface area contributed by atoms with E-state index in [-0.39, 0.29) is 0 Å². The highest BCUT2D eigenvalue weighted by Gasteiger charge is 2.18. The highest BCUT2D eigenvalue weighted by Crippen LogP contribution is 2.27. The molecule has 1 atom stereocenters. The molecule has 110 valence electrons. The Balaban J connectivity index is 2.27. The van der Waals surface area contributed by atoms with Crippen molar-refractivity contribution in [2.24, 2.45) is 5.73 Å². The van der Waals surface area contributed by atoms with Crippen molar-refractivity contribution < 1.29 is 4.42 Å². The van der Waals surface area contributed by atoms with Crippen molar-refractivity contribution in [3.8, 4) is 0 Å². The Bertz CT molecular complexity index is 552. The maximum atomic E-state index is 5.87. The number of hydrogen-bond acceptors (Lipinski definition) is 4. The molecular weight excluding hydrogens is 268 g/mol. The summed E-state index contributed by atoms with van der Waals surface area (Å²) in [5.74, 6) is 2.07. The Morgan fingerprint density at radius 1 is 1.35 bits per heavy atom. The van der Waals surface area contributed by atoms with Crippen LogP contribution in [0, 0.1) is 0 Å². The van der Waals surface area contributed by atoms with Crippen LogP contribution in [-0.4, -0.2) is 30.0 Å². The standard InChI is InChI=1S/C16H24N2OS/c1-4-12(11-20-3)18(2)10-14-13-7-5-6-8-15(13)19-16(14)9-17/h5-8,12H,4,9-11,17H2,1-3H3. The molecule has 0 saturated heterocycles. The summed E-state index contributed by atoms with van der Waals surface area (Å²) >= 11 is 1.90. The summed E-state index contributed by atoms with van der Waals surface area (Å²) in [4.78, 5) is 2.41. The Labute approximate surface area is 125 Å². The number of fused-ring (bicyclic) bond motifs is 1. The van der Waals surface area contributed by atoms with Crippen molar-refractivity contribution in [3.63, 3.8) is 0 Å². The van der Waals surface area contributed by atoms with Gasteiger partial charge in [-0.1, -0.05) is 25.1 Å². The van der Waals surface area contributed by atoms with Crippen LogP contribution in [0.3, 0.4) is 0 Å². The minimum Gasteiger partial charge on any atom is -0.459 e. The normalized spacial score (nSPS) is 13.2. The molecule has 1 aromatic carbocycles. The van der Waals surface area contributed by atoms with Crippen LogP contribution < -0.4 is 5.73 Å². The van der Waals surface area contributed by atoms with Gasteiger partial charge in [0.25, 0.3) is 0 Å². The number of thioether (sulfide) groups is 1. The molecule has 0 bridgehead atoms. The van der Waals surface area contributed by atoms with Gasteiger partial charge < -0.3 is 10.2 Å². The Morgan fingerprint density at radius 3 is 2.75 bits per heavy atom. The molecule has 3 nitrogen and oxygen atoms in total. The molecule has 0 fully saturated rings. The van der Waals surface area contributed by atoms with Gasteiger partial charge in [-0.3, -0.25) is 4.90 Å². The van der Waals surface area contributed by atoms with Gasteiger partial charge in [-0.15, -0.1) is 0 Å². The number of benzene rings is 1. The minimum atomic E-state index is 0.456. The second-order valence-corrected chi connectivity index (χ2v) is 6.05. The summed E-state index contributed by atoms with van der Waals surface area (Å²) in [6.07, 6.45) is 3.32. The largest absolute Gasteiger partial charge is 0.459 e. The lowest BCUT2D eigenvalue weighted by atomic mass is 10.1. The first-order valence-corrected chi connectivity index (χ1v) is 8.49. The molecule has 1 heterocycles. The molecule has 20 heavy (non-hydrogen) atoms. The first kappa shape index (κ1) is 15.4. The van der Waals surface area contributed by atoms with Crippen LogP contribution in [0.15, 0.2) is 28.7 Å². The third kappa shape index (κ3) is 3.19. The SMILES string of the molecule is CCC(CSC)N(C)Cc1c(CN)oc2ccccc12. The van der Waals surface area contributed by atoms with Gasteiger partial charge in [0, 0.05) is 29.3 Å². The Kier molecular flexibility index (Phi) is 5.52. The maximum absolute atomic E-state index is 5.87. The van der Waals surface area contributed by atoms with E-state index in [9.17, 15) is 0 Å². The smallest absolute Gasteiger partial charge is 0.134 e. The van der Waals surface area contributed by atoms with Gasteiger partial charge in [0.2, 0.25) is 0 Å². The van der Waals surface area contributed by atoms with Gasteiger partial charge in [-0.2, -0.15) is 11.8 Å². The first-order valence-electron chi connectivity index (χ1n) is 7.09. The molecule has 2 N–H and O–H groups in total. The van der Waals surface area contributed by atoms with Crippen molar-refractivity contribution >= 4 is 22.7 Å². The van der Waals surface area contributed by atoms with Crippen molar-refractivity contribution in [3.05, 3.63) is 35.6 Å². The van der Waals surface area contributed by atoms with E-state index in [0.717, 1.165) is 30.1 Å². The summed E-state index contributed by atoms with van der Waals surface area (Å²) in [6, 6.07) is 8.78. The van der Waals surface area contributed by atoms with Crippen LogP contribution in [0.2, 0.25) is 0 Å². The van der Waals surface area contributed by atoms with Crippen LogP contribution in [-0.2, 0) is 13.1 Å². The van der Waals surface area contributed by atoms with Crippen LogP contribution in [0.25, 0.3) is 11.0 Å². The second-order valence-electron chi connectivity index (χ2n) is 5.14. The first-order chi connectivity index (χ1) is 9.71. The van der Waals surface area contributed by atoms with E-state index in [1.807, 2.05) is 23.9 Å². The fourth-order valence-electron chi connectivity index (χ4n) is 2.62. The molecule has 4 heteroatoms. The van der Waals surface area contributed by atoms with E-state index in [4.69, 9.17) is 10.2 Å². The molecule has 0 aliphatic carbocycles. The molecule has 0 aliphatic heterocycles. The molecule has 0 radical (unpaired) electrons. The third-order valence-corrected chi connectivity index (χ3v) is 4.55. The summed E-state index contributed by atoms with van der Waals surface area (Å²) in [6.45, 7) is 3.59. The fraction of sp³-hybridized carbons (Fsp3) is 0.500. The molecule has 0 aliphatic rings. The Hall–Kier alpha value is -0.970. The Morgan fingerprint density at radius 2 is 2.10 bits per heavy atom. The molecule has 1 unspecified atom stereocenters. The summed E-state index contributed by atoms with van der Waals surface area (Å²) in [5.41, 5.74) is 8.02. The van der Waals surface area contributed by atoms with Gasteiger partial charge >= 0.3 is 0 Å². The van der Waals surface area contributed by atoms with Gasteiger partial charge in [0.05, 0.1) is 6.54 Å². The third-order valence-electron chi connectivity index (χ3n) is 3.83. The van der Waals surface area contributed by atoms with E-state index in [2.05, 4.69) is 37.3 Å². The quantitative estimate of drug-likeness (QED) is 0.848. The molecule has 0 amide bonds. The average Bonchev–Trinajstić information content (AvgIpc) is 2.82. The summed E-state index contributed by atoms with van der Waals surface area (Å²) < 4.78 is 5.87. The van der Waals surface area contributed by atoms with Crippen molar-refractivity contribution in [2.45, 2.75) is 32.5 Å². The van der Waals surface area contributed by atoms with Gasteiger partial charge in [0.1, 0.15) is 11.3 Å². The zero-order valence-electron chi connectivity index (χ0n) is 12.6. The number of para-hydroxylation sites is 1. The lowest BCUT2D eigenvalue weighted by Crippen LogP contribution is -2.32. The fourth-order valence-corrected chi connectivity index (χ4v) is 3.49. The minimum absolute atomic E-state index is 0.456. The predicted octanol–water partition coefficient (Wildman–Crippen LogP) is 3.46. The number of nitrogens with zero attached hydrogens (tertiary/aromatic N) is 1. The van der Waals surface area contributed by atoms with Crippen molar-refractivity contribution in [1.29, 1.82) is 0 Å². The van der Waals surface area contributed by atoms with E-state index in [1.165, 1.54) is 10.9 Å². The van der Waals surface area contributed by atoms with Crippen molar-refractivity contribution in [2.75, 3.05) is 19.1 Å². The maximum Gasteiger partial charge on any atom is 0.134 e. The number of hydrogen-bond donors (Lipinski definition) is 1. The predicted molar refractivity (Wildman–Crippen MR) is 88.0 cm³/mol. The molecule has 0 spiro atoms. The second kappa shape index (κ2) is 7.16. The van der Waals surface area contributed by atoms with E-state index in [1.54, 1.807) is 0 Å². The van der Waals surface area contributed by atoms with Crippen LogP contribution in [0.4, 0.5) is 0 Å². The zero-order valence-corrected chi connectivity index (χ0v) is 13.4. The number of rotatable bonds is 7. The molecular formula is C16H24N2OS. The molecule has 1 aromatic heterocycles. The van der Waals surface area contributed by atoms with E-state index < -0.39 is 0 Å². The number of nitrogens with two attached hydrogens (primary N) is 1. The van der Waals surface area contributed by atoms with Crippen LogP contribution >= 0.6 is 11.8 Å². The lowest BCUT2D eigenvalue weighted by Gasteiger charge is -2.26. The number of furan rings is 1. The zero-order chi connectivity index (χ0) is 14.5. The molecule has 2 aromatic rings. The van der Waals surface area contributed by atoms with Crippen LogP contribution in [0.1, 0.15) is 24.7 Å². The van der Waals surface area contributed by atoms with Gasteiger partial charge in [-0.25, -0.2) is 0 Å². The van der Waals surface area contributed by atoms with E-state index >= 15 is 0 Å². The summed E-state index contributed by atoms with van der Waals surface area (Å²) in [5, 5.41) is 1.19. The average molecular weight is 292 g/mol. The molecule has 0 saturated carbocycles. The highest BCUT2D eigenvalue weighted by atomic mass is 32.2. The van der Waals surface area contributed by atoms with Crippen molar-refractivity contribution in [1.82, 2.24) is 4.90 Å². The summed E-state index contributed by atoms with van der Waals surface area (Å²) in [7, 11) is 2.19. The van der Waals surface area contributed by atoms with Gasteiger partial charge in [-0.05, 0) is 25.8 Å². The van der Waals surface area contributed by atoms with Crippen LogP contribution in [0.5, 0.6) is 0 Å². The topological polar surface area (TPSA) is 42.4 Å². The lowest BCUT2D eigenvalue weighted by molar-refractivity contribution is 0.247. The highest BCUT2D eigenvalue weighted by molar-refractivity contribution is 7.98.